The molecule has 0 aromatic heterocycles. The average molecular weight is 393 g/mol. The van der Waals surface area contributed by atoms with E-state index in [0.717, 1.165) is 0 Å². The third kappa shape index (κ3) is 4.11. The van der Waals surface area contributed by atoms with Gasteiger partial charge in [-0.1, -0.05) is 133 Å². The highest BCUT2D eigenvalue weighted by molar-refractivity contribution is 6.91. The first kappa shape index (κ1) is 19.4. The van der Waals surface area contributed by atoms with Gasteiger partial charge < -0.3 is 0 Å². The summed E-state index contributed by atoms with van der Waals surface area (Å²) in [6.07, 6.45) is 0. The van der Waals surface area contributed by atoms with Gasteiger partial charge in [0.15, 0.2) is 0 Å². The summed E-state index contributed by atoms with van der Waals surface area (Å²) in [6.45, 7) is 7.16. The number of rotatable bonds is 5. The minimum atomic E-state index is -1.80. The molecule has 0 aliphatic heterocycles. The monoisotopic (exact) mass is 392 g/mol. The Balaban J connectivity index is 1.79. The molecular formula is C28H28Si. The molecule has 0 amide bonds. The molecule has 4 rings (SSSR count). The highest BCUT2D eigenvalue weighted by atomic mass is 28.3. The summed E-state index contributed by atoms with van der Waals surface area (Å²) in [5.41, 5.74) is 7.10. The van der Waals surface area contributed by atoms with Crippen molar-refractivity contribution in [2.45, 2.75) is 25.6 Å². The Kier molecular flexibility index (Phi) is 5.51. The SMILES string of the molecule is Cc1ccc([C@@H](c2ccc(-c3ccccc3)cc2)[Si](C)(C)c2ccccc2)cc1. The van der Waals surface area contributed by atoms with Crippen LogP contribution in [0.3, 0.4) is 0 Å². The summed E-state index contributed by atoms with van der Waals surface area (Å²) in [5.74, 6) is 0. The molecule has 0 aliphatic carbocycles. The zero-order valence-electron chi connectivity index (χ0n) is 17.5. The Morgan fingerprint density at radius 3 is 1.52 bits per heavy atom. The fourth-order valence-corrected chi connectivity index (χ4v) is 7.75. The van der Waals surface area contributed by atoms with E-state index in [1.165, 1.54) is 33.0 Å². The highest BCUT2D eigenvalue weighted by Crippen LogP contribution is 2.35. The minimum absolute atomic E-state index is 0.412. The maximum absolute atomic E-state index is 2.50. The van der Waals surface area contributed by atoms with Crippen molar-refractivity contribution in [1.29, 1.82) is 0 Å². The Morgan fingerprint density at radius 2 is 0.966 bits per heavy atom. The van der Waals surface area contributed by atoms with Crippen LogP contribution in [-0.4, -0.2) is 8.07 Å². The van der Waals surface area contributed by atoms with Crippen LogP contribution >= 0.6 is 0 Å². The summed E-state index contributed by atoms with van der Waals surface area (Å²) in [4.78, 5) is 0. The van der Waals surface area contributed by atoms with Crippen molar-refractivity contribution in [2.24, 2.45) is 0 Å². The molecule has 0 unspecified atom stereocenters. The molecule has 0 saturated carbocycles. The maximum atomic E-state index is 2.50. The third-order valence-corrected chi connectivity index (χ3v) is 9.93. The average Bonchev–Trinajstić information content (AvgIpc) is 2.77. The quantitative estimate of drug-likeness (QED) is 0.322. The molecule has 29 heavy (non-hydrogen) atoms. The molecule has 0 spiro atoms. The van der Waals surface area contributed by atoms with Crippen molar-refractivity contribution >= 4 is 13.3 Å². The molecule has 0 N–H and O–H groups in total. The smallest absolute Gasteiger partial charge is 0.0647 e. The van der Waals surface area contributed by atoms with Crippen LogP contribution in [-0.2, 0) is 0 Å². The molecule has 4 aromatic rings. The van der Waals surface area contributed by atoms with Crippen LogP contribution in [0.15, 0.2) is 109 Å². The molecule has 0 fully saturated rings. The van der Waals surface area contributed by atoms with Gasteiger partial charge in [-0.25, -0.2) is 0 Å². The van der Waals surface area contributed by atoms with E-state index in [0.29, 0.717) is 5.54 Å². The molecule has 0 bridgehead atoms. The van der Waals surface area contributed by atoms with Crippen LogP contribution < -0.4 is 5.19 Å². The molecule has 1 heteroatoms. The topological polar surface area (TPSA) is 0 Å². The van der Waals surface area contributed by atoms with Crippen LogP contribution in [0, 0.1) is 6.92 Å². The van der Waals surface area contributed by atoms with Crippen LogP contribution in [0.5, 0.6) is 0 Å². The zero-order valence-corrected chi connectivity index (χ0v) is 18.5. The van der Waals surface area contributed by atoms with Crippen LogP contribution in [0.1, 0.15) is 22.2 Å². The second kappa shape index (κ2) is 8.22. The first-order valence-corrected chi connectivity index (χ1v) is 13.4. The molecular weight excluding hydrogens is 364 g/mol. The number of hydrogen-bond acceptors (Lipinski definition) is 0. The van der Waals surface area contributed by atoms with Gasteiger partial charge in [0.25, 0.3) is 0 Å². The van der Waals surface area contributed by atoms with E-state index < -0.39 is 8.07 Å². The first-order valence-electron chi connectivity index (χ1n) is 10.3. The van der Waals surface area contributed by atoms with Crippen molar-refractivity contribution < 1.29 is 0 Å². The normalized spacial score (nSPS) is 12.5. The number of aryl methyl sites for hydroxylation is 1. The van der Waals surface area contributed by atoms with Gasteiger partial charge in [0.2, 0.25) is 0 Å². The summed E-state index contributed by atoms with van der Waals surface area (Å²) in [5, 5.41) is 1.50. The standard InChI is InChI=1S/C28H28Si/c1-22-14-16-25(17-15-22)28(29(2,3)27-12-8-5-9-13-27)26-20-18-24(19-21-26)23-10-6-4-7-11-23/h4-21,28H,1-3H3/t28-/m0/s1. The number of benzene rings is 4. The molecule has 144 valence electrons. The lowest BCUT2D eigenvalue weighted by molar-refractivity contribution is 1.08. The summed E-state index contributed by atoms with van der Waals surface area (Å²) in [6, 6.07) is 40.1. The predicted octanol–water partition coefficient (Wildman–Crippen LogP) is 6.95. The fraction of sp³-hybridized carbons (Fsp3) is 0.143. The van der Waals surface area contributed by atoms with Gasteiger partial charge in [0, 0.05) is 5.54 Å². The summed E-state index contributed by atoms with van der Waals surface area (Å²) < 4.78 is 0. The first-order chi connectivity index (χ1) is 14.1. The van der Waals surface area contributed by atoms with Gasteiger partial charge in [-0.05, 0) is 29.2 Å². The van der Waals surface area contributed by atoms with E-state index in [1.807, 2.05) is 0 Å². The van der Waals surface area contributed by atoms with Crippen molar-refractivity contribution in [3.05, 3.63) is 126 Å². The van der Waals surface area contributed by atoms with E-state index in [1.54, 1.807) is 0 Å². The van der Waals surface area contributed by atoms with Crippen LogP contribution in [0.25, 0.3) is 11.1 Å². The van der Waals surface area contributed by atoms with Gasteiger partial charge in [0.05, 0.1) is 8.07 Å². The van der Waals surface area contributed by atoms with Gasteiger partial charge in [-0.2, -0.15) is 0 Å². The van der Waals surface area contributed by atoms with E-state index in [-0.39, 0.29) is 0 Å². The fourth-order valence-electron chi connectivity index (χ4n) is 4.32. The second-order valence-corrected chi connectivity index (χ2v) is 13.0. The zero-order chi connectivity index (χ0) is 20.3. The minimum Gasteiger partial charge on any atom is -0.0647 e. The Hall–Kier alpha value is -2.90. The molecule has 0 heterocycles. The Labute approximate surface area is 175 Å². The molecule has 1 atom stereocenters. The van der Waals surface area contributed by atoms with E-state index >= 15 is 0 Å². The van der Waals surface area contributed by atoms with E-state index in [2.05, 4.69) is 129 Å². The second-order valence-electron chi connectivity index (χ2n) is 8.42. The van der Waals surface area contributed by atoms with Crippen molar-refractivity contribution in [2.75, 3.05) is 0 Å². The molecule has 0 radical (unpaired) electrons. The van der Waals surface area contributed by atoms with Gasteiger partial charge in [-0.3, -0.25) is 0 Å². The predicted molar refractivity (Wildman–Crippen MR) is 128 cm³/mol. The Bertz CT molecular complexity index is 1050. The lowest BCUT2D eigenvalue weighted by Crippen LogP contribution is -2.48. The maximum Gasteiger partial charge on any atom is 0.0927 e. The third-order valence-electron chi connectivity index (χ3n) is 6.00. The lowest BCUT2D eigenvalue weighted by atomic mass is 9.99. The molecule has 0 nitrogen and oxygen atoms in total. The van der Waals surface area contributed by atoms with Gasteiger partial charge in [-0.15, -0.1) is 0 Å². The van der Waals surface area contributed by atoms with Gasteiger partial charge >= 0.3 is 0 Å². The Morgan fingerprint density at radius 1 is 0.517 bits per heavy atom. The highest BCUT2D eigenvalue weighted by Gasteiger charge is 2.35. The van der Waals surface area contributed by atoms with E-state index in [4.69, 9.17) is 0 Å². The summed E-state index contributed by atoms with van der Waals surface area (Å²) >= 11 is 0. The van der Waals surface area contributed by atoms with Crippen molar-refractivity contribution in [1.82, 2.24) is 0 Å². The summed E-state index contributed by atoms with van der Waals surface area (Å²) in [7, 11) is -1.80. The van der Waals surface area contributed by atoms with Crippen LogP contribution in [0.4, 0.5) is 0 Å². The molecule has 0 aliphatic rings. The lowest BCUT2D eigenvalue weighted by Gasteiger charge is -2.34. The van der Waals surface area contributed by atoms with Crippen molar-refractivity contribution in [3.63, 3.8) is 0 Å². The molecule has 0 saturated heterocycles. The van der Waals surface area contributed by atoms with Gasteiger partial charge in [0.1, 0.15) is 0 Å². The largest absolute Gasteiger partial charge is 0.0927 e. The number of hydrogen-bond donors (Lipinski definition) is 0. The van der Waals surface area contributed by atoms with E-state index in [9.17, 15) is 0 Å². The van der Waals surface area contributed by atoms with Crippen LogP contribution in [0.2, 0.25) is 13.1 Å². The van der Waals surface area contributed by atoms with Crippen molar-refractivity contribution in [3.8, 4) is 11.1 Å². The molecule has 4 aromatic carbocycles.